The minimum atomic E-state index is -0.140. The Morgan fingerprint density at radius 1 is 1.35 bits per heavy atom. The first-order valence-electron chi connectivity index (χ1n) is 5.71. The van der Waals surface area contributed by atoms with Crippen LogP contribution in [0, 0.1) is 0 Å². The molecule has 2 atom stereocenters. The van der Waals surface area contributed by atoms with Crippen LogP contribution in [0.1, 0.15) is 24.8 Å². The topological polar surface area (TPSA) is 58.3 Å². The molecule has 1 fully saturated rings. The van der Waals surface area contributed by atoms with E-state index in [9.17, 15) is 5.11 Å². The smallest absolute Gasteiger partial charge is 0.0555 e. The van der Waals surface area contributed by atoms with Gasteiger partial charge in [-0.25, -0.2) is 0 Å². The van der Waals surface area contributed by atoms with Crippen molar-refractivity contribution < 1.29 is 5.11 Å². The van der Waals surface area contributed by atoms with Gasteiger partial charge in [0.15, 0.2) is 0 Å². The summed E-state index contributed by atoms with van der Waals surface area (Å²) in [7, 11) is 0. The van der Waals surface area contributed by atoms with Crippen LogP contribution in [-0.4, -0.2) is 17.3 Å². The van der Waals surface area contributed by atoms with E-state index in [0.717, 1.165) is 46.0 Å². The van der Waals surface area contributed by atoms with Crippen molar-refractivity contribution in [1.82, 2.24) is 5.32 Å². The van der Waals surface area contributed by atoms with Gasteiger partial charge in [-0.15, -0.1) is 0 Å². The van der Waals surface area contributed by atoms with Gasteiger partial charge in [0, 0.05) is 21.5 Å². The van der Waals surface area contributed by atoms with Gasteiger partial charge in [-0.2, -0.15) is 0 Å². The molecule has 0 heterocycles. The van der Waals surface area contributed by atoms with Crippen LogP contribution < -0.4 is 11.1 Å². The minimum absolute atomic E-state index is 0.140. The number of nitrogen functional groups attached to an aromatic ring is 1. The molecule has 0 amide bonds. The number of anilines is 1. The molecule has 17 heavy (non-hydrogen) atoms. The van der Waals surface area contributed by atoms with Crippen LogP contribution in [0.3, 0.4) is 0 Å². The second-order valence-electron chi connectivity index (χ2n) is 4.51. The summed E-state index contributed by atoms with van der Waals surface area (Å²) in [5, 5.41) is 12.9. The maximum absolute atomic E-state index is 9.46. The Bertz CT molecular complexity index is 412. The lowest BCUT2D eigenvalue weighted by Crippen LogP contribution is -2.26. The zero-order valence-corrected chi connectivity index (χ0v) is 12.6. The molecule has 0 spiro atoms. The molecule has 0 aromatic heterocycles. The molecule has 4 N–H and O–H groups in total. The minimum Gasteiger partial charge on any atom is -0.398 e. The molecule has 1 aromatic rings. The van der Waals surface area contributed by atoms with Gasteiger partial charge >= 0.3 is 0 Å². The van der Waals surface area contributed by atoms with E-state index in [1.54, 1.807) is 0 Å². The molecule has 0 bridgehead atoms. The van der Waals surface area contributed by atoms with Gasteiger partial charge in [0.2, 0.25) is 0 Å². The van der Waals surface area contributed by atoms with Gasteiger partial charge in [-0.3, -0.25) is 0 Å². The number of halogens is 2. The number of nitrogens with two attached hydrogens (primary N) is 1. The Kier molecular flexibility index (Phi) is 4.47. The summed E-state index contributed by atoms with van der Waals surface area (Å²) in [5.41, 5.74) is 7.86. The molecule has 0 saturated heterocycles. The predicted octanol–water partition coefficient (Wildman–Crippen LogP) is 2.80. The van der Waals surface area contributed by atoms with E-state index in [4.69, 9.17) is 5.73 Å². The normalized spacial score (nSPS) is 24.2. The summed E-state index contributed by atoms with van der Waals surface area (Å²) in [6, 6.07) is 4.37. The number of hydrogen-bond acceptors (Lipinski definition) is 3. The molecular weight excluding hydrogens is 348 g/mol. The first-order chi connectivity index (χ1) is 8.06. The Balaban J connectivity index is 1.99. The quantitative estimate of drug-likeness (QED) is 0.723. The van der Waals surface area contributed by atoms with Gasteiger partial charge in [0.05, 0.1) is 11.8 Å². The first-order valence-corrected chi connectivity index (χ1v) is 7.29. The second-order valence-corrected chi connectivity index (χ2v) is 6.28. The number of nitrogens with one attached hydrogen (secondary N) is 1. The van der Waals surface area contributed by atoms with E-state index in [1.165, 1.54) is 0 Å². The predicted molar refractivity (Wildman–Crippen MR) is 76.7 cm³/mol. The molecule has 1 aliphatic rings. The average Bonchev–Trinajstić information content (AvgIpc) is 2.67. The molecule has 1 aromatic carbocycles. The van der Waals surface area contributed by atoms with Gasteiger partial charge in [-0.05, 0) is 52.9 Å². The van der Waals surface area contributed by atoms with Gasteiger partial charge in [0.25, 0.3) is 0 Å². The molecule has 1 saturated carbocycles. The van der Waals surface area contributed by atoms with Gasteiger partial charge in [-0.1, -0.05) is 15.9 Å². The lowest BCUT2D eigenvalue weighted by molar-refractivity contribution is 0.179. The lowest BCUT2D eigenvalue weighted by Gasteiger charge is -2.14. The monoisotopic (exact) mass is 362 g/mol. The third kappa shape index (κ3) is 3.44. The Morgan fingerprint density at radius 2 is 2.12 bits per heavy atom. The highest BCUT2D eigenvalue weighted by molar-refractivity contribution is 9.11. The van der Waals surface area contributed by atoms with E-state index >= 15 is 0 Å². The lowest BCUT2D eigenvalue weighted by atomic mass is 10.1. The maximum atomic E-state index is 9.46. The van der Waals surface area contributed by atoms with Gasteiger partial charge in [0.1, 0.15) is 0 Å². The van der Waals surface area contributed by atoms with Crippen LogP contribution in [0.4, 0.5) is 5.69 Å². The van der Waals surface area contributed by atoms with Crippen molar-refractivity contribution >= 4 is 37.5 Å². The van der Waals surface area contributed by atoms with Crippen molar-refractivity contribution in [2.75, 3.05) is 5.73 Å². The number of rotatable bonds is 3. The van der Waals surface area contributed by atoms with Crippen LogP contribution >= 0.6 is 31.9 Å². The van der Waals surface area contributed by atoms with Crippen molar-refractivity contribution in [3.63, 3.8) is 0 Å². The van der Waals surface area contributed by atoms with Crippen LogP contribution in [0.5, 0.6) is 0 Å². The van der Waals surface area contributed by atoms with Crippen LogP contribution in [-0.2, 0) is 6.54 Å². The van der Waals surface area contributed by atoms with Crippen molar-refractivity contribution in [2.24, 2.45) is 0 Å². The molecular formula is C12H16Br2N2O. The fourth-order valence-corrected chi connectivity index (χ4v) is 3.50. The third-order valence-corrected chi connectivity index (χ3v) is 4.28. The first kappa shape index (κ1) is 13.3. The van der Waals surface area contributed by atoms with Crippen molar-refractivity contribution in [3.8, 4) is 0 Å². The molecule has 2 rings (SSSR count). The van der Waals surface area contributed by atoms with Crippen LogP contribution in [0.15, 0.2) is 21.1 Å². The van der Waals surface area contributed by atoms with Gasteiger partial charge < -0.3 is 16.2 Å². The molecule has 5 heteroatoms. The number of aliphatic hydroxyl groups is 1. The third-order valence-electron chi connectivity index (χ3n) is 3.17. The van der Waals surface area contributed by atoms with Crippen molar-refractivity contribution in [1.29, 1.82) is 0 Å². The maximum Gasteiger partial charge on any atom is 0.0555 e. The van der Waals surface area contributed by atoms with E-state index in [1.807, 2.05) is 12.1 Å². The molecule has 3 nitrogen and oxygen atoms in total. The summed E-state index contributed by atoms with van der Waals surface area (Å²) in [4.78, 5) is 0. The molecule has 94 valence electrons. The highest BCUT2D eigenvalue weighted by Crippen LogP contribution is 2.28. The standard InChI is InChI=1S/C12H16Br2N2O/c13-8-3-7(12(15)11(14)4-8)6-16-9-1-2-10(17)5-9/h3-4,9-10,16-17H,1-2,5-6,15H2/t9-,10-/m1/s1. The highest BCUT2D eigenvalue weighted by Gasteiger charge is 2.22. The summed E-state index contributed by atoms with van der Waals surface area (Å²) in [5.74, 6) is 0. The number of hydrogen-bond donors (Lipinski definition) is 3. The number of aliphatic hydroxyl groups excluding tert-OH is 1. The highest BCUT2D eigenvalue weighted by atomic mass is 79.9. The molecule has 0 aliphatic heterocycles. The molecule has 1 aliphatic carbocycles. The summed E-state index contributed by atoms with van der Waals surface area (Å²) in [6.45, 7) is 0.737. The molecule has 0 unspecified atom stereocenters. The largest absolute Gasteiger partial charge is 0.398 e. The van der Waals surface area contributed by atoms with Crippen molar-refractivity contribution in [2.45, 2.75) is 38.0 Å². The summed E-state index contributed by atoms with van der Waals surface area (Å²) < 4.78 is 1.93. The second kappa shape index (κ2) is 5.69. The Hall–Kier alpha value is -0.100. The van der Waals surface area contributed by atoms with Crippen LogP contribution in [0.2, 0.25) is 0 Å². The Morgan fingerprint density at radius 3 is 2.76 bits per heavy atom. The fraction of sp³-hybridized carbons (Fsp3) is 0.500. The van der Waals surface area contributed by atoms with E-state index < -0.39 is 0 Å². The summed E-state index contributed by atoms with van der Waals surface area (Å²) >= 11 is 6.89. The summed E-state index contributed by atoms with van der Waals surface area (Å²) in [6.07, 6.45) is 2.64. The Labute approximate surface area is 118 Å². The van der Waals surface area contributed by atoms with E-state index in [2.05, 4.69) is 37.2 Å². The van der Waals surface area contributed by atoms with E-state index in [0.29, 0.717) is 6.04 Å². The SMILES string of the molecule is Nc1c(Br)cc(Br)cc1CN[C@@H]1CC[C@@H](O)C1. The zero-order chi connectivity index (χ0) is 12.4. The van der Waals surface area contributed by atoms with E-state index in [-0.39, 0.29) is 6.10 Å². The van der Waals surface area contributed by atoms with Crippen LogP contribution in [0.25, 0.3) is 0 Å². The number of benzene rings is 1. The molecule has 0 radical (unpaired) electrons. The zero-order valence-electron chi connectivity index (χ0n) is 9.42. The van der Waals surface area contributed by atoms with Crippen molar-refractivity contribution in [3.05, 3.63) is 26.6 Å². The fourth-order valence-electron chi connectivity index (χ4n) is 2.18. The average molecular weight is 364 g/mol.